The van der Waals surface area contributed by atoms with Crippen LogP contribution in [0, 0.1) is 13.8 Å². The Morgan fingerprint density at radius 3 is 2.43 bits per heavy atom. The Hall–Kier alpha value is -3.22. The lowest BCUT2D eigenvalue weighted by molar-refractivity contribution is -0.118. The van der Waals surface area contributed by atoms with Crippen molar-refractivity contribution in [2.24, 2.45) is 0 Å². The molecule has 0 radical (unpaired) electrons. The van der Waals surface area contributed by atoms with Crippen LogP contribution < -0.4 is 25.0 Å². The van der Waals surface area contributed by atoms with Crippen LogP contribution in [0.2, 0.25) is 0 Å². The minimum absolute atomic E-state index is 0.113. The van der Waals surface area contributed by atoms with Crippen LogP contribution in [-0.2, 0) is 4.79 Å². The molecule has 0 aromatic heterocycles. The Morgan fingerprint density at radius 2 is 1.79 bits per heavy atom. The van der Waals surface area contributed by atoms with E-state index in [0.29, 0.717) is 30.2 Å². The normalized spacial score (nSPS) is 16.1. The summed E-state index contributed by atoms with van der Waals surface area (Å²) < 4.78 is 10.4. The van der Waals surface area contributed by atoms with Crippen molar-refractivity contribution in [1.82, 2.24) is 5.32 Å². The van der Waals surface area contributed by atoms with E-state index in [1.807, 2.05) is 26.0 Å². The molecule has 148 valence electrons. The fourth-order valence-corrected chi connectivity index (χ4v) is 3.41. The van der Waals surface area contributed by atoms with Gasteiger partial charge in [-0.2, -0.15) is 0 Å². The van der Waals surface area contributed by atoms with Gasteiger partial charge in [-0.3, -0.25) is 4.79 Å². The first-order valence-corrected chi connectivity index (χ1v) is 9.10. The standard InChI is InChI=1S/C21H25N3O4/c1-13-9-14(2)11-15(10-13)24-8-7-17(20(24)25)22-21(26)23-18-12-16(27-3)5-6-19(18)28-4/h5-6,9-12,17H,7-8H2,1-4H3,(H2,22,23,26)/t17-/m1/s1. The highest BCUT2D eigenvalue weighted by molar-refractivity contribution is 6.03. The molecule has 1 aliphatic heterocycles. The lowest BCUT2D eigenvalue weighted by Crippen LogP contribution is -2.43. The maximum absolute atomic E-state index is 12.8. The molecule has 7 heteroatoms. The topological polar surface area (TPSA) is 79.9 Å². The van der Waals surface area contributed by atoms with Gasteiger partial charge in [-0.05, 0) is 55.7 Å². The van der Waals surface area contributed by atoms with Crippen LogP contribution in [-0.4, -0.2) is 38.7 Å². The maximum Gasteiger partial charge on any atom is 0.319 e. The summed E-state index contributed by atoms with van der Waals surface area (Å²) in [6, 6.07) is 10.1. The second-order valence-electron chi connectivity index (χ2n) is 6.84. The molecule has 1 saturated heterocycles. The number of nitrogens with one attached hydrogen (secondary N) is 2. The summed E-state index contributed by atoms with van der Waals surface area (Å²) in [5.41, 5.74) is 3.53. The predicted octanol–water partition coefficient (Wildman–Crippen LogP) is 3.25. The first-order chi connectivity index (χ1) is 13.4. The largest absolute Gasteiger partial charge is 0.497 e. The van der Waals surface area contributed by atoms with Crippen LogP contribution in [0.5, 0.6) is 11.5 Å². The number of rotatable bonds is 5. The van der Waals surface area contributed by atoms with Crippen molar-refractivity contribution in [3.63, 3.8) is 0 Å². The monoisotopic (exact) mass is 383 g/mol. The molecule has 1 fully saturated rings. The lowest BCUT2D eigenvalue weighted by atomic mass is 10.1. The zero-order chi connectivity index (χ0) is 20.3. The van der Waals surface area contributed by atoms with Crippen LogP contribution in [0.1, 0.15) is 17.5 Å². The Morgan fingerprint density at radius 1 is 1.07 bits per heavy atom. The van der Waals surface area contributed by atoms with E-state index >= 15 is 0 Å². The molecule has 2 N–H and O–H groups in total. The van der Waals surface area contributed by atoms with Crippen molar-refractivity contribution in [3.8, 4) is 11.5 Å². The number of carbonyl (C=O) groups excluding carboxylic acids is 2. The van der Waals surface area contributed by atoms with Gasteiger partial charge >= 0.3 is 6.03 Å². The number of ether oxygens (including phenoxy) is 2. The quantitative estimate of drug-likeness (QED) is 0.831. The van der Waals surface area contributed by atoms with Crippen LogP contribution in [0.15, 0.2) is 36.4 Å². The van der Waals surface area contributed by atoms with Crippen molar-refractivity contribution in [2.45, 2.75) is 26.3 Å². The first kappa shape index (κ1) is 19.5. The van der Waals surface area contributed by atoms with E-state index in [-0.39, 0.29) is 5.91 Å². The first-order valence-electron chi connectivity index (χ1n) is 9.10. The summed E-state index contributed by atoms with van der Waals surface area (Å²) in [7, 11) is 3.07. The molecule has 28 heavy (non-hydrogen) atoms. The Balaban J connectivity index is 1.68. The minimum atomic E-state index is -0.572. The highest BCUT2D eigenvalue weighted by Crippen LogP contribution is 2.29. The number of aryl methyl sites for hydroxylation is 2. The number of urea groups is 1. The number of methoxy groups -OCH3 is 2. The van der Waals surface area contributed by atoms with Gasteiger partial charge in [-0.15, -0.1) is 0 Å². The smallest absolute Gasteiger partial charge is 0.319 e. The molecule has 3 amide bonds. The van der Waals surface area contributed by atoms with Crippen LogP contribution in [0.25, 0.3) is 0 Å². The molecule has 0 bridgehead atoms. The molecule has 0 aliphatic carbocycles. The molecule has 7 nitrogen and oxygen atoms in total. The number of anilines is 2. The second-order valence-corrected chi connectivity index (χ2v) is 6.84. The molecule has 0 spiro atoms. The number of nitrogens with zero attached hydrogens (tertiary/aromatic N) is 1. The molecule has 1 heterocycles. The number of hydrogen-bond donors (Lipinski definition) is 2. The van der Waals surface area contributed by atoms with Crippen molar-refractivity contribution in [3.05, 3.63) is 47.5 Å². The molecule has 0 saturated carbocycles. The summed E-state index contributed by atoms with van der Waals surface area (Å²) in [5.74, 6) is 0.984. The second kappa shape index (κ2) is 8.21. The summed E-state index contributed by atoms with van der Waals surface area (Å²) >= 11 is 0. The third-order valence-corrected chi connectivity index (χ3v) is 4.68. The number of amides is 3. The van der Waals surface area contributed by atoms with Crippen LogP contribution in [0.4, 0.5) is 16.2 Å². The third-order valence-electron chi connectivity index (χ3n) is 4.68. The van der Waals surface area contributed by atoms with E-state index in [1.54, 1.807) is 30.2 Å². The van der Waals surface area contributed by atoms with Gasteiger partial charge < -0.3 is 25.0 Å². The SMILES string of the molecule is COc1ccc(OC)c(NC(=O)N[C@@H]2CCN(c3cc(C)cc(C)c3)C2=O)c1. The molecule has 2 aromatic carbocycles. The molecule has 1 aliphatic rings. The van der Waals surface area contributed by atoms with E-state index < -0.39 is 12.1 Å². The molecular weight excluding hydrogens is 358 g/mol. The average Bonchev–Trinajstić information content (AvgIpc) is 3.01. The predicted molar refractivity (Wildman–Crippen MR) is 108 cm³/mol. The van der Waals surface area contributed by atoms with Gasteiger partial charge in [0.15, 0.2) is 0 Å². The minimum Gasteiger partial charge on any atom is -0.497 e. The number of benzene rings is 2. The van der Waals surface area contributed by atoms with Gasteiger partial charge in [0.05, 0.1) is 19.9 Å². The summed E-state index contributed by atoms with van der Waals surface area (Å²) in [4.78, 5) is 26.9. The Labute approximate surface area is 164 Å². The van der Waals surface area contributed by atoms with Crippen molar-refractivity contribution >= 4 is 23.3 Å². The average molecular weight is 383 g/mol. The number of hydrogen-bond acceptors (Lipinski definition) is 4. The van der Waals surface area contributed by atoms with Crippen molar-refractivity contribution < 1.29 is 19.1 Å². The van der Waals surface area contributed by atoms with Gasteiger partial charge in [0.1, 0.15) is 17.5 Å². The van der Waals surface area contributed by atoms with E-state index in [2.05, 4.69) is 16.7 Å². The fraction of sp³-hybridized carbons (Fsp3) is 0.333. The molecule has 2 aromatic rings. The van der Waals surface area contributed by atoms with Gasteiger partial charge in [0.2, 0.25) is 5.91 Å². The zero-order valence-corrected chi connectivity index (χ0v) is 16.5. The molecule has 1 atom stereocenters. The summed E-state index contributed by atoms with van der Waals surface area (Å²) in [5, 5.41) is 5.49. The van der Waals surface area contributed by atoms with Crippen LogP contribution in [0.3, 0.4) is 0 Å². The summed E-state index contributed by atoms with van der Waals surface area (Å²) in [6.45, 7) is 4.57. The molecule has 0 unspecified atom stereocenters. The third kappa shape index (κ3) is 4.19. The molecular formula is C21H25N3O4. The zero-order valence-electron chi connectivity index (χ0n) is 16.5. The lowest BCUT2D eigenvalue weighted by Gasteiger charge is -2.19. The highest BCUT2D eigenvalue weighted by atomic mass is 16.5. The Kier molecular flexibility index (Phi) is 5.73. The van der Waals surface area contributed by atoms with E-state index in [0.717, 1.165) is 16.8 Å². The summed E-state index contributed by atoms with van der Waals surface area (Å²) in [6.07, 6.45) is 0.550. The van der Waals surface area contributed by atoms with E-state index in [9.17, 15) is 9.59 Å². The van der Waals surface area contributed by atoms with Crippen molar-refractivity contribution in [1.29, 1.82) is 0 Å². The highest BCUT2D eigenvalue weighted by Gasteiger charge is 2.33. The van der Waals surface area contributed by atoms with Crippen LogP contribution >= 0.6 is 0 Å². The van der Waals surface area contributed by atoms with Gasteiger partial charge in [-0.1, -0.05) is 6.07 Å². The van der Waals surface area contributed by atoms with E-state index in [1.165, 1.54) is 7.11 Å². The molecule has 3 rings (SSSR count). The fourth-order valence-electron chi connectivity index (χ4n) is 3.41. The number of carbonyl (C=O) groups is 2. The van der Waals surface area contributed by atoms with E-state index in [4.69, 9.17) is 9.47 Å². The Bertz CT molecular complexity index is 877. The van der Waals surface area contributed by atoms with Gasteiger partial charge in [0.25, 0.3) is 0 Å². The van der Waals surface area contributed by atoms with Crippen molar-refractivity contribution in [2.75, 3.05) is 31.0 Å². The van der Waals surface area contributed by atoms with Gasteiger partial charge in [0, 0.05) is 18.3 Å². The van der Waals surface area contributed by atoms with Gasteiger partial charge in [-0.25, -0.2) is 4.79 Å². The maximum atomic E-state index is 12.8.